The van der Waals surface area contributed by atoms with Crippen molar-refractivity contribution in [2.24, 2.45) is 10.8 Å². The average Bonchev–Trinajstić information content (AvgIpc) is 2.54. The number of hydrogen-bond acceptors (Lipinski definition) is 2. The summed E-state index contributed by atoms with van der Waals surface area (Å²) in [6.07, 6.45) is 2.70. The summed E-state index contributed by atoms with van der Waals surface area (Å²) in [6.45, 7) is 11.8. The van der Waals surface area contributed by atoms with Crippen LogP contribution in [-0.2, 0) is 0 Å². The fourth-order valence-electron chi connectivity index (χ4n) is 2.90. The van der Waals surface area contributed by atoms with Crippen LogP contribution in [0.2, 0.25) is 0 Å². The van der Waals surface area contributed by atoms with Crippen molar-refractivity contribution in [3.05, 3.63) is 0 Å². The Hall–Kier alpha value is -0.0800. The molecule has 2 rings (SSSR count). The summed E-state index contributed by atoms with van der Waals surface area (Å²) < 4.78 is 0. The van der Waals surface area contributed by atoms with Gasteiger partial charge in [-0.1, -0.05) is 27.7 Å². The molecular weight excluding hydrogens is 172 g/mol. The molecule has 0 aromatic heterocycles. The minimum atomic E-state index is 0.478. The normalized spacial score (nSPS) is 34.7. The van der Waals surface area contributed by atoms with E-state index in [0.717, 1.165) is 12.6 Å². The Labute approximate surface area is 87.8 Å². The van der Waals surface area contributed by atoms with Gasteiger partial charge in [-0.25, -0.2) is 0 Å². The van der Waals surface area contributed by atoms with E-state index < -0.39 is 0 Å². The van der Waals surface area contributed by atoms with Gasteiger partial charge in [0.1, 0.15) is 0 Å². The summed E-state index contributed by atoms with van der Waals surface area (Å²) in [5.74, 6) is 0. The van der Waals surface area contributed by atoms with E-state index in [2.05, 4.69) is 38.3 Å². The summed E-state index contributed by atoms with van der Waals surface area (Å²) in [5.41, 5.74) is 0.956. The van der Waals surface area contributed by atoms with Crippen LogP contribution < -0.4 is 10.6 Å². The van der Waals surface area contributed by atoms with Crippen molar-refractivity contribution in [3.63, 3.8) is 0 Å². The molecule has 0 aromatic rings. The van der Waals surface area contributed by atoms with E-state index in [1.165, 1.54) is 19.4 Å². The van der Waals surface area contributed by atoms with Gasteiger partial charge >= 0.3 is 0 Å². The van der Waals surface area contributed by atoms with E-state index in [9.17, 15) is 0 Å². The molecule has 2 N–H and O–H groups in total. The molecule has 2 aliphatic rings. The lowest BCUT2D eigenvalue weighted by atomic mass is 10.0. The third-order valence-corrected chi connectivity index (χ3v) is 4.75. The van der Waals surface area contributed by atoms with Crippen LogP contribution in [0.3, 0.4) is 0 Å². The minimum Gasteiger partial charge on any atom is -0.313 e. The van der Waals surface area contributed by atoms with Crippen LogP contribution in [0.4, 0.5) is 0 Å². The van der Waals surface area contributed by atoms with Crippen molar-refractivity contribution in [1.82, 2.24) is 10.6 Å². The Morgan fingerprint density at radius 2 is 1.86 bits per heavy atom. The predicted molar refractivity (Wildman–Crippen MR) is 60.4 cm³/mol. The Bertz CT molecular complexity index is 200. The van der Waals surface area contributed by atoms with Gasteiger partial charge in [0.15, 0.2) is 0 Å². The minimum absolute atomic E-state index is 0.478. The van der Waals surface area contributed by atoms with Gasteiger partial charge in [0.05, 0.1) is 0 Å². The second-order valence-electron chi connectivity index (χ2n) is 6.08. The summed E-state index contributed by atoms with van der Waals surface area (Å²) in [6, 6.07) is 1.43. The molecule has 1 aliphatic carbocycles. The highest BCUT2D eigenvalue weighted by Crippen LogP contribution is 2.62. The Morgan fingerprint density at radius 3 is 2.29 bits per heavy atom. The van der Waals surface area contributed by atoms with Gasteiger partial charge in [0.25, 0.3) is 0 Å². The van der Waals surface area contributed by atoms with Gasteiger partial charge in [0, 0.05) is 18.6 Å². The van der Waals surface area contributed by atoms with Crippen molar-refractivity contribution in [1.29, 1.82) is 0 Å². The van der Waals surface area contributed by atoms with E-state index in [0.29, 0.717) is 16.9 Å². The van der Waals surface area contributed by atoms with Crippen molar-refractivity contribution in [2.45, 2.75) is 52.6 Å². The molecule has 0 unspecified atom stereocenters. The molecular formula is C12H24N2. The molecule has 1 aliphatic heterocycles. The lowest BCUT2D eigenvalue weighted by Gasteiger charge is -2.12. The Balaban J connectivity index is 1.77. The summed E-state index contributed by atoms with van der Waals surface area (Å²) in [4.78, 5) is 0. The van der Waals surface area contributed by atoms with Crippen LogP contribution in [0.15, 0.2) is 0 Å². The first kappa shape index (κ1) is 10.4. The van der Waals surface area contributed by atoms with E-state index in [1.807, 2.05) is 0 Å². The first-order chi connectivity index (χ1) is 6.46. The first-order valence-electron chi connectivity index (χ1n) is 5.93. The summed E-state index contributed by atoms with van der Waals surface area (Å²) in [5, 5.41) is 7.25. The number of hydrogen-bond donors (Lipinski definition) is 2. The van der Waals surface area contributed by atoms with Gasteiger partial charge in [0.2, 0.25) is 0 Å². The molecule has 0 aromatic carbocycles. The highest BCUT2D eigenvalue weighted by molar-refractivity contribution is 5.17. The van der Waals surface area contributed by atoms with Crippen LogP contribution in [0.1, 0.15) is 40.5 Å². The van der Waals surface area contributed by atoms with Crippen molar-refractivity contribution >= 4 is 0 Å². The maximum atomic E-state index is 3.72. The zero-order valence-corrected chi connectivity index (χ0v) is 9.98. The average molecular weight is 196 g/mol. The molecule has 0 amide bonds. The zero-order chi connectivity index (χ0) is 10.4. The van der Waals surface area contributed by atoms with E-state index >= 15 is 0 Å². The third kappa shape index (κ3) is 1.49. The molecule has 2 nitrogen and oxygen atoms in total. The molecule has 14 heavy (non-hydrogen) atoms. The van der Waals surface area contributed by atoms with Crippen LogP contribution in [-0.4, -0.2) is 25.2 Å². The number of nitrogens with one attached hydrogen (secondary N) is 2. The smallest absolute Gasteiger partial charge is 0.0193 e. The third-order valence-electron chi connectivity index (χ3n) is 4.75. The van der Waals surface area contributed by atoms with Crippen molar-refractivity contribution in [3.8, 4) is 0 Å². The van der Waals surface area contributed by atoms with E-state index in [1.54, 1.807) is 0 Å². The maximum Gasteiger partial charge on any atom is 0.0193 e. The van der Waals surface area contributed by atoms with Crippen molar-refractivity contribution in [2.75, 3.05) is 13.1 Å². The SMILES string of the molecule is CC1(C)C(NC[C@@H]2CCCN2)C1(C)C. The van der Waals surface area contributed by atoms with Crippen LogP contribution >= 0.6 is 0 Å². The molecule has 82 valence electrons. The zero-order valence-electron chi connectivity index (χ0n) is 9.98. The number of rotatable bonds is 3. The molecule has 0 radical (unpaired) electrons. The van der Waals surface area contributed by atoms with Gasteiger partial charge in [-0.15, -0.1) is 0 Å². The second kappa shape index (κ2) is 3.21. The molecule has 1 heterocycles. The fraction of sp³-hybridized carbons (Fsp3) is 1.00. The summed E-state index contributed by atoms with van der Waals surface area (Å²) >= 11 is 0. The monoisotopic (exact) mass is 196 g/mol. The largest absolute Gasteiger partial charge is 0.313 e. The maximum absolute atomic E-state index is 3.72. The molecule has 2 heteroatoms. The fourth-order valence-corrected chi connectivity index (χ4v) is 2.90. The topological polar surface area (TPSA) is 24.1 Å². The second-order valence-corrected chi connectivity index (χ2v) is 6.08. The Kier molecular flexibility index (Phi) is 2.39. The highest BCUT2D eigenvalue weighted by atomic mass is 15.1. The van der Waals surface area contributed by atoms with Gasteiger partial charge < -0.3 is 10.6 Å². The van der Waals surface area contributed by atoms with E-state index in [4.69, 9.17) is 0 Å². The lowest BCUT2D eigenvalue weighted by molar-refractivity contribution is 0.457. The Morgan fingerprint density at radius 1 is 1.21 bits per heavy atom. The molecule has 1 saturated heterocycles. The molecule has 0 bridgehead atoms. The molecule has 1 atom stereocenters. The summed E-state index contributed by atoms with van der Waals surface area (Å²) in [7, 11) is 0. The first-order valence-corrected chi connectivity index (χ1v) is 5.93. The van der Waals surface area contributed by atoms with Crippen LogP contribution in [0.25, 0.3) is 0 Å². The molecule has 1 saturated carbocycles. The van der Waals surface area contributed by atoms with Crippen LogP contribution in [0.5, 0.6) is 0 Å². The quantitative estimate of drug-likeness (QED) is 0.719. The lowest BCUT2D eigenvalue weighted by Crippen LogP contribution is -2.36. The van der Waals surface area contributed by atoms with Crippen molar-refractivity contribution < 1.29 is 0 Å². The standard InChI is InChI=1S/C12H24N2/c1-11(2)10(12(11,3)4)14-8-9-6-5-7-13-9/h9-10,13-14H,5-8H2,1-4H3/t9-/m0/s1. The highest BCUT2D eigenvalue weighted by Gasteiger charge is 2.64. The predicted octanol–water partition coefficient (Wildman–Crippen LogP) is 1.76. The van der Waals surface area contributed by atoms with E-state index in [-0.39, 0.29) is 0 Å². The van der Waals surface area contributed by atoms with Gasteiger partial charge in [-0.3, -0.25) is 0 Å². The van der Waals surface area contributed by atoms with Gasteiger partial charge in [-0.2, -0.15) is 0 Å². The molecule has 2 fully saturated rings. The van der Waals surface area contributed by atoms with Crippen LogP contribution in [0, 0.1) is 10.8 Å². The molecule has 0 spiro atoms. The van der Waals surface area contributed by atoms with Gasteiger partial charge in [-0.05, 0) is 30.2 Å².